The largest absolute Gasteiger partial charge is 0.336 e. The molecule has 0 spiro atoms. The Morgan fingerprint density at radius 1 is 1.36 bits per heavy atom. The molecule has 0 bridgehead atoms. The molecule has 0 N–H and O–H groups in total. The predicted molar refractivity (Wildman–Crippen MR) is 90.6 cm³/mol. The number of hydrogen-bond donors (Lipinski definition) is 0. The molecule has 3 nitrogen and oxygen atoms in total. The molecule has 1 amide bonds. The number of carbonyl (C=O) groups excluding carboxylic acids is 1. The Morgan fingerprint density at radius 2 is 2.23 bits per heavy atom. The van der Waals surface area contributed by atoms with Crippen LogP contribution in [-0.4, -0.2) is 28.4 Å². The van der Waals surface area contributed by atoms with Gasteiger partial charge < -0.3 is 4.90 Å². The van der Waals surface area contributed by atoms with Crippen molar-refractivity contribution in [2.75, 3.05) is 6.54 Å². The molecule has 114 valence electrons. The smallest absolute Gasteiger partial charge is 0.246 e. The van der Waals surface area contributed by atoms with E-state index >= 15 is 0 Å². The average Bonchev–Trinajstić information content (AvgIpc) is 3.23. The summed E-state index contributed by atoms with van der Waals surface area (Å²) in [6.45, 7) is 0.875. The van der Waals surface area contributed by atoms with Crippen LogP contribution in [-0.2, 0) is 11.2 Å². The van der Waals surface area contributed by atoms with E-state index in [-0.39, 0.29) is 5.91 Å². The van der Waals surface area contributed by atoms with E-state index in [1.165, 1.54) is 5.56 Å². The summed E-state index contributed by atoms with van der Waals surface area (Å²) in [7, 11) is 0. The van der Waals surface area contributed by atoms with E-state index in [0.717, 1.165) is 37.2 Å². The van der Waals surface area contributed by atoms with Crippen LogP contribution in [0.25, 0.3) is 6.08 Å². The van der Waals surface area contributed by atoms with E-state index in [4.69, 9.17) is 0 Å². The van der Waals surface area contributed by atoms with E-state index in [1.807, 2.05) is 22.4 Å². The van der Waals surface area contributed by atoms with Crippen molar-refractivity contribution in [1.29, 1.82) is 0 Å². The molecule has 0 aliphatic carbocycles. The summed E-state index contributed by atoms with van der Waals surface area (Å²) in [5.41, 5.74) is 1.35. The Balaban J connectivity index is 1.57. The van der Waals surface area contributed by atoms with E-state index < -0.39 is 0 Å². The Kier molecular flexibility index (Phi) is 5.01. The zero-order chi connectivity index (χ0) is 15.2. The van der Waals surface area contributed by atoms with Crippen LogP contribution in [0.2, 0.25) is 0 Å². The number of aromatic nitrogens is 1. The van der Waals surface area contributed by atoms with Crippen molar-refractivity contribution in [3.05, 3.63) is 58.6 Å². The number of carbonyl (C=O) groups is 1. The van der Waals surface area contributed by atoms with Gasteiger partial charge >= 0.3 is 0 Å². The number of benzene rings is 1. The molecule has 0 radical (unpaired) electrons. The lowest BCUT2D eigenvalue weighted by atomic mass is 10.0. The molecule has 2 heterocycles. The second-order valence-corrected chi connectivity index (χ2v) is 6.48. The van der Waals surface area contributed by atoms with Crippen molar-refractivity contribution in [2.45, 2.75) is 31.7 Å². The van der Waals surface area contributed by atoms with Crippen LogP contribution in [0.15, 0.2) is 48.0 Å². The van der Waals surface area contributed by atoms with Crippen molar-refractivity contribution in [3.8, 4) is 0 Å². The third kappa shape index (κ3) is 3.83. The zero-order valence-electron chi connectivity index (χ0n) is 12.5. The lowest BCUT2D eigenvalue weighted by Gasteiger charge is -2.23. The van der Waals surface area contributed by atoms with Crippen molar-refractivity contribution in [1.82, 2.24) is 9.88 Å². The maximum atomic E-state index is 12.4. The number of rotatable bonds is 5. The molecule has 1 atom stereocenters. The molecule has 2 aromatic rings. The highest BCUT2D eigenvalue weighted by atomic mass is 32.1. The van der Waals surface area contributed by atoms with Crippen LogP contribution >= 0.6 is 11.3 Å². The van der Waals surface area contributed by atoms with Gasteiger partial charge in [0.1, 0.15) is 5.01 Å². The van der Waals surface area contributed by atoms with Gasteiger partial charge in [0.15, 0.2) is 0 Å². The molecule has 1 fully saturated rings. The summed E-state index contributed by atoms with van der Waals surface area (Å²) in [5.74, 6) is 0.116. The highest BCUT2D eigenvalue weighted by Crippen LogP contribution is 2.22. The molecule has 0 unspecified atom stereocenters. The van der Waals surface area contributed by atoms with E-state index in [0.29, 0.717) is 6.04 Å². The van der Waals surface area contributed by atoms with Gasteiger partial charge in [0.05, 0.1) is 0 Å². The monoisotopic (exact) mass is 312 g/mol. The SMILES string of the molecule is O=C(/C=C/c1nccs1)N1CCC[C@@H]1CCc1ccccc1. The molecule has 1 aromatic carbocycles. The lowest BCUT2D eigenvalue weighted by Crippen LogP contribution is -2.34. The normalized spacial score (nSPS) is 18.2. The van der Waals surface area contributed by atoms with Gasteiger partial charge in [0, 0.05) is 30.2 Å². The molecule has 4 heteroatoms. The summed E-state index contributed by atoms with van der Waals surface area (Å²) in [5, 5.41) is 2.80. The first kappa shape index (κ1) is 15.0. The number of thiazole rings is 1. The van der Waals surface area contributed by atoms with Gasteiger partial charge in [-0.3, -0.25) is 4.79 Å². The van der Waals surface area contributed by atoms with Crippen LogP contribution in [0.3, 0.4) is 0 Å². The van der Waals surface area contributed by atoms with Gasteiger partial charge in [0.25, 0.3) is 0 Å². The Bertz CT molecular complexity index is 622. The van der Waals surface area contributed by atoms with Crippen LogP contribution < -0.4 is 0 Å². The molecule has 3 rings (SSSR count). The standard InChI is InChI=1S/C18H20N2OS/c21-18(11-10-17-19-12-14-22-17)20-13-4-7-16(20)9-8-15-5-2-1-3-6-15/h1-3,5-6,10-12,14,16H,4,7-9,13H2/b11-10+/t16-/m1/s1. The van der Waals surface area contributed by atoms with E-state index in [2.05, 4.69) is 29.2 Å². The molecular formula is C18H20N2OS. The van der Waals surface area contributed by atoms with Crippen molar-refractivity contribution >= 4 is 23.3 Å². The highest BCUT2D eigenvalue weighted by molar-refractivity contribution is 7.10. The summed E-state index contributed by atoms with van der Waals surface area (Å²) in [6, 6.07) is 10.9. The van der Waals surface area contributed by atoms with Gasteiger partial charge in [-0.05, 0) is 37.3 Å². The fourth-order valence-electron chi connectivity index (χ4n) is 2.96. The molecule has 22 heavy (non-hydrogen) atoms. The van der Waals surface area contributed by atoms with Crippen molar-refractivity contribution in [2.24, 2.45) is 0 Å². The fourth-order valence-corrected chi connectivity index (χ4v) is 3.49. The van der Waals surface area contributed by atoms with Crippen molar-refractivity contribution < 1.29 is 4.79 Å². The number of hydrogen-bond acceptors (Lipinski definition) is 3. The predicted octanol–water partition coefficient (Wildman–Crippen LogP) is 3.78. The Hall–Kier alpha value is -1.94. The average molecular weight is 312 g/mol. The third-order valence-corrected chi connectivity index (χ3v) is 4.83. The molecule has 1 aliphatic rings. The second-order valence-electron chi connectivity index (χ2n) is 5.56. The molecule has 1 saturated heterocycles. The van der Waals surface area contributed by atoms with E-state index in [1.54, 1.807) is 23.6 Å². The van der Waals surface area contributed by atoms with Gasteiger partial charge in [-0.1, -0.05) is 30.3 Å². The van der Waals surface area contributed by atoms with E-state index in [9.17, 15) is 4.79 Å². The van der Waals surface area contributed by atoms with Gasteiger partial charge in [-0.15, -0.1) is 11.3 Å². The maximum absolute atomic E-state index is 12.4. The zero-order valence-corrected chi connectivity index (χ0v) is 13.3. The second kappa shape index (κ2) is 7.36. The van der Waals surface area contributed by atoms with Crippen LogP contribution in [0.4, 0.5) is 0 Å². The van der Waals surface area contributed by atoms with Crippen LogP contribution in [0, 0.1) is 0 Å². The molecule has 1 aliphatic heterocycles. The topological polar surface area (TPSA) is 33.2 Å². The van der Waals surface area contributed by atoms with Gasteiger partial charge in [-0.2, -0.15) is 0 Å². The van der Waals surface area contributed by atoms with Gasteiger partial charge in [-0.25, -0.2) is 4.98 Å². The lowest BCUT2D eigenvalue weighted by molar-refractivity contribution is -0.126. The number of amides is 1. The summed E-state index contributed by atoms with van der Waals surface area (Å²) in [6.07, 6.45) is 9.54. The fraction of sp³-hybridized carbons (Fsp3) is 0.333. The maximum Gasteiger partial charge on any atom is 0.246 e. The van der Waals surface area contributed by atoms with Crippen LogP contribution in [0.1, 0.15) is 29.8 Å². The molecular weight excluding hydrogens is 292 g/mol. The highest BCUT2D eigenvalue weighted by Gasteiger charge is 2.26. The minimum atomic E-state index is 0.116. The first-order chi connectivity index (χ1) is 10.8. The number of nitrogens with zero attached hydrogens (tertiary/aromatic N) is 2. The quantitative estimate of drug-likeness (QED) is 0.787. The first-order valence-electron chi connectivity index (χ1n) is 7.75. The Labute approximate surface area is 135 Å². The van der Waals surface area contributed by atoms with Crippen molar-refractivity contribution in [3.63, 3.8) is 0 Å². The minimum absolute atomic E-state index is 0.116. The third-order valence-electron chi connectivity index (χ3n) is 4.09. The first-order valence-corrected chi connectivity index (χ1v) is 8.63. The Morgan fingerprint density at radius 3 is 3.00 bits per heavy atom. The van der Waals surface area contributed by atoms with Gasteiger partial charge in [0.2, 0.25) is 5.91 Å². The van der Waals surface area contributed by atoms with Crippen LogP contribution in [0.5, 0.6) is 0 Å². The number of likely N-dealkylation sites (tertiary alicyclic amines) is 1. The minimum Gasteiger partial charge on any atom is -0.336 e. The molecule has 0 saturated carbocycles. The summed E-state index contributed by atoms with van der Waals surface area (Å²) in [4.78, 5) is 18.6. The molecule has 1 aromatic heterocycles. The number of aryl methyl sites for hydroxylation is 1. The summed E-state index contributed by atoms with van der Waals surface area (Å²) >= 11 is 1.55. The summed E-state index contributed by atoms with van der Waals surface area (Å²) < 4.78 is 0.